The van der Waals surface area contributed by atoms with E-state index >= 15 is 0 Å². The largest absolute Gasteiger partial charge is 0.389 e. The topological polar surface area (TPSA) is 64.7 Å². The maximum Gasteiger partial charge on any atom is 0.389 e. The van der Waals surface area contributed by atoms with Gasteiger partial charge < -0.3 is 5.73 Å². The highest BCUT2D eigenvalue weighted by Crippen LogP contribution is 2.30. The van der Waals surface area contributed by atoms with Crippen LogP contribution in [0.4, 0.5) is 19.1 Å². The fraction of sp³-hybridized carbons (Fsp3) is 0.769. The molecule has 2 rings (SSSR count). The molecule has 0 saturated heterocycles. The molecule has 20 heavy (non-hydrogen) atoms. The Kier molecular flexibility index (Phi) is 4.77. The number of aromatic nitrogens is 3. The van der Waals surface area contributed by atoms with Crippen LogP contribution in [0, 0.1) is 0 Å². The Balaban J connectivity index is 2.11. The third-order valence-electron chi connectivity index (χ3n) is 3.57. The number of halogens is 3. The van der Waals surface area contributed by atoms with Gasteiger partial charge in [-0.15, -0.1) is 0 Å². The van der Waals surface area contributed by atoms with Crippen LogP contribution in [0.2, 0.25) is 0 Å². The van der Waals surface area contributed by atoms with Crippen molar-refractivity contribution in [3.8, 4) is 0 Å². The predicted octanol–water partition coefficient (Wildman–Crippen LogP) is 3.39. The van der Waals surface area contributed by atoms with Gasteiger partial charge in [0.2, 0.25) is 5.95 Å². The minimum absolute atomic E-state index is 0.0245. The van der Waals surface area contributed by atoms with E-state index in [4.69, 9.17) is 5.73 Å². The SMILES string of the molecule is Nc1nc(CCC(F)(F)F)nc(C2CCCCCC2)n1. The van der Waals surface area contributed by atoms with Gasteiger partial charge in [0.25, 0.3) is 0 Å². The summed E-state index contributed by atoms with van der Waals surface area (Å²) in [5, 5.41) is 0. The van der Waals surface area contributed by atoms with Crippen molar-refractivity contribution in [2.45, 2.75) is 63.5 Å². The summed E-state index contributed by atoms with van der Waals surface area (Å²) in [6.45, 7) is 0. The second kappa shape index (κ2) is 6.37. The Hall–Kier alpha value is -1.40. The molecule has 0 aliphatic heterocycles. The van der Waals surface area contributed by atoms with Gasteiger partial charge in [0.05, 0.1) is 6.42 Å². The first-order valence-corrected chi connectivity index (χ1v) is 7.01. The number of nitrogen functional groups attached to an aromatic ring is 1. The molecule has 112 valence electrons. The first kappa shape index (κ1) is 15.0. The molecular weight excluding hydrogens is 269 g/mol. The lowest BCUT2D eigenvalue weighted by Gasteiger charge is -2.14. The number of alkyl halides is 3. The average Bonchev–Trinajstić information content (AvgIpc) is 2.64. The van der Waals surface area contributed by atoms with Crippen LogP contribution in [0.3, 0.4) is 0 Å². The van der Waals surface area contributed by atoms with Gasteiger partial charge in [-0.1, -0.05) is 25.7 Å². The van der Waals surface area contributed by atoms with Crippen molar-refractivity contribution in [1.82, 2.24) is 15.0 Å². The van der Waals surface area contributed by atoms with E-state index in [9.17, 15) is 13.2 Å². The molecule has 0 atom stereocenters. The Morgan fingerprint density at radius 3 is 2.25 bits per heavy atom. The Labute approximate surface area is 116 Å². The molecule has 1 aromatic rings. The Bertz CT molecular complexity index is 440. The number of aryl methyl sites for hydroxylation is 1. The van der Waals surface area contributed by atoms with Gasteiger partial charge in [-0.25, -0.2) is 4.98 Å². The molecule has 2 N–H and O–H groups in total. The third kappa shape index (κ3) is 4.61. The molecule has 0 aromatic carbocycles. The number of rotatable bonds is 3. The zero-order valence-corrected chi connectivity index (χ0v) is 11.3. The van der Waals surface area contributed by atoms with Crippen molar-refractivity contribution in [2.24, 2.45) is 0 Å². The molecule has 0 spiro atoms. The van der Waals surface area contributed by atoms with E-state index in [1.165, 1.54) is 12.8 Å². The van der Waals surface area contributed by atoms with Crippen molar-refractivity contribution in [3.05, 3.63) is 11.6 Å². The quantitative estimate of drug-likeness (QED) is 0.866. The van der Waals surface area contributed by atoms with Crippen molar-refractivity contribution >= 4 is 5.95 Å². The highest BCUT2D eigenvalue weighted by molar-refractivity contribution is 5.17. The molecule has 1 fully saturated rings. The number of nitrogens with zero attached hydrogens (tertiary/aromatic N) is 3. The van der Waals surface area contributed by atoms with E-state index in [1.54, 1.807) is 0 Å². The van der Waals surface area contributed by atoms with Crippen LogP contribution >= 0.6 is 0 Å². The van der Waals surface area contributed by atoms with Crippen LogP contribution in [0.25, 0.3) is 0 Å². The first-order valence-electron chi connectivity index (χ1n) is 7.01. The highest BCUT2D eigenvalue weighted by atomic mass is 19.4. The minimum atomic E-state index is -4.20. The van der Waals surface area contributed by atoms with Gasteiger partial charge in [-0.3, -0.25) is 0 Å². The number of nitrogens with two attached hydrogens (primary N) is 1. The lowest BCUT2D eigenvalue weighted by Crippen LogP contribution is -2.14. The zero-order valence-electron chi connectivity index (χ0n) is 11.3. The second-order valence-electron chi connectivity index (χ2n) is 5.27. The van der Waals surface area contributed by atoms with Crippen LogP contribution in [-0.4, -0.2) is 21.1 Å². The number of hydrogen-bond acceptors (Lipinski definition) is 4. The summed E-state index contributed by atoms with van der Waals surface area (Å²) < 4.78 is 36.7. The molecule has 1 aliphatic rings. The summed E-state index contributed by atoms with van der Waals surface area (Å²) in [5.74, 6) is 0.939. The number of hydrogen-bond donors (Lipinski definition) is 1. The van der Waals surface area contributed by atoms with Gasteiger partial charge in [0.15, 0.2) is 0 Å². The second-order valence-corrected chi connectivity index (χ2v) is 5.27. The van der Waals surface area contributed by atoms with Gasteiger partial charge in [-0.2, -0.15) is 23.1 Å². The Morgan fingerprint density at radius 1 is 1.00 bits per heavy atom. The molecule has 7 heteroatoms. The van der Waals surface area contributed by atoms with Crippen LogP contribution in [0.15, 0.2) is 0 Å². The molecule has 1 saturated carbocycles. The molecule has 1 heterocycles. The third-order valence-corrected chi connectivity index (χ3v) is 3.57. The maximum atomic E-state index is 12.2. The summed E-state index contributed by atoms with van der Waals surface area (Å²) in [7, 11) is 0. The van der Waals surface area contributed by atoms with Crippen molar-refractivity contribution < 1.29 is 13.2 Å². The Morgan fingerprint density at radius 2 is 1.65 bits per heavy atom. The molecule has 0 bridgehead atoms. The minimum Gasteiger partial charge on any atom is -0.368 e. The fourth-order valence-corrected chi connectivity index (χ4v) is 2.54. The molecular formula is C13H19F3N4. The lowest BCUT2D eigenvalue weighted by molar-refractivity contribution is -0.134. The standard InChI is InChI=1S/C13H19F3N4/c14-13(15,16)8-7-10-18-11(20-12(17)19-10)9-5-3-1-2-4-6-9/h9H,1-8H2,(H2,17,18,19,20). The molecule has 1 aromatic heterocycles. The smallest absolute Gasteiger partial charge is 0.368 e. The average molecular weight is 288 g/mol. The van der Waals surface area contributed by atoms with Crippen LogP contribution in [0.1, 0.15) is 62.5 Å². The van der Waals surface area contributed by atoms with Gasteiger partial charge in [-0.05, 0) is 12.8 Å². The number of anilines is 1. The molecule has 4 nitrogen and oxygen atoms in total. The van der Waals surface area contributed by atoms with Crippen molar-refractivity contribution in [3.63, 3.8) is 0 Å². The van der Waals surface area contributed by atoms with E-state index in [0.29, 0.717) is 5.82 Å². The van der Waals surface area contributed by atoms with Crippen LogP contribution in [0.5, 0.6) is 0 Å². The van der Waals surface area contributed by atoms with E-state index in [0.717, 1.165) is 25.7 Å². The monoisotopic (exact) mass is 288 g/mol. The van der Waals surface area contributed by atoms with Gasteiger partial charge in [0, 0.05) is 12.3 Å². The van der Waals surface area contributed by atoms with Crippen molar-refractivity contribution in [2.75, 3.05) is 5.73 Å². The van der Waals surface area contributed by atoms with Gasteiger partial charge in [0.1, 0.15) is 11.6 Å². The highest BCUT2D eigenvalue weighted by Gasteiger charge is 2.27. The molecule has 1 aliphatic carbocycles. The molecule has 0 radical (unpaired) electrons. The van der Waals surface area contributed by atoms with E-state index in [2.05, 4.69) is 15.0 Å². The maximum absolute atomic E-state index is 12.2. The zero-order chi connectivity index (χ0) is 14.6. The first-order chi connectivity index (χ1) is 9.44. The summed E-state index contributed by atoms with van der Waals surface area (Å²) in [6.07, 6.45) is 1.17. The predicted molar refractivity (Wildman–Crippen MR) is 69.1 cm³/mol. The summed E-state index contributed by atoms with van der Waals surface area (Å²) in [6, 6.07) is 0. The molecule has 0 unspecified atom stereocenters. The van der Waals surface area contributed by atoms with E-state index < -0.39 is 12.6 Å². The lowest BCUT2D eigenvalue weighted by atomic mass is 9.99. The molecule has 0 amide bonds. The summed E-state index contributed by atoms with van der Waals surface area (Å²) in [5.41, 5.74) is 5.60. The van der Waals surface area contributed by atoms with Gasteiger partial charge >= 0.3 is 6.18 Å². The summed E-state index contributed by atoms with van der Waals surface area (Å²) in [4.78, 5) is 12.1. The van der Waals surface area contributed by atoms with E-state index in [-0.39, 0.29) is 24.1 Å². The summed E-state index contributed by atoms with van der Waals surface area (Å²) >= 11 is 0. The van der Waals surface area contributed by atoms with Crippen LogP contribution in [-0.2, 0) is 6.42 Å². The van der Waals surface area contributed by atoms with Crippen LogP contribution < -0.4 is 5.73 Å². The normalized spacial score (nSPS) is 17.9. The van der Waals surface area contributed by atoms with E-state index in [1.807, 2.05) is 0 Å². The fourth-order valence-electron chi connectivity index (χ4n) is 2.54. The van der Waals surface area contributed by atoms with Crippen molar-refractivity contribution in [1.29, 1.82) is 0 Å².